The van der Waals surface area contributed by atoms with Crippen LogP contribution in [0, 0.1) is 0 Å². The summed E-state index contributed by atoms with van der Waals surface area (Å²) in [6.07, 6.45) is 3.21. The van der Waals surface area contributed by atoms with Gasteiger partial charge in [0.25, 0.3) is 0 Å². The van der Waals surface area contributed by atoms with E-state index in [4.69, 9.17) is 14.6 Å². The Kier molecular flexibility index (Phi) is 3.96. The molecule has 2 atom stereocenters. The van der Waals surface area contributed by atoms with Crippen LogP contribution in [0.2, 0.25) is 0 Å². The molecule has 1 heterocycles. The largest absolute Gasteiger partial charge is 0.480 e. The minimum Gasteiger partial charge on any atom is -0.480 e. The van der Waals surface area contributed by atoms with E-state index in [1.165, 1.54) is 0 Å². The van der Waals surface area contributed by atoms with Crippen LogP contribution in [-0.2, 0) is 19.1 Å². The fourth-order valence-electron chi connectivity index (χ4n) is 2.54. The number of rotatable bonds is 4. The highest BCUT2D eigenvalue weighted by atomic mass is 16.5. The highest BCUT2D eigenvalue weighted by Gasteiger charge is 2.38. The van der Waals surface area contributed by atoms with E-state index < -0.39 is 12.6 Å². The van der Waals surface area contributed by atoms with Crippen LogP contribution in [0.25, 0.3) is 0 Å². The van der Waals surface area contributed by atoms with Crippen LogP contribution in [0.15, 0.2) is 0 Å². The third-order valence-electron chi connectivity index (χ3n) is 3.25. The molecule has 1 aliphatic heterocycles. The smallest absolute Gasteiger partial charge is 0.329 e. The number of aliphatic carboxylic acids is 1. The lowest BCUT2D eigenvalue weighted by Crippen LogP contribution is -2.52. The van der Waals surface area contributed by atoms with Crippen molar-refractivity contribution >= 4 is 11.9 Å². The Morgan fingerprint density at radius 2 is 2.18 bits per heavy atom. The summed E-state index contributed by atoms with van der Waals surface area (Å²) in [5.74, 6) is -1.19. The maximum absolute atomic E-state index is 11.9. The number of ether oxygens (including phenoxy) is 2. The molecule has 6 heteroatoms. The fraction of sp³-hybridized carbons (Fsp3) is 0.818. The number of fused-ring (bicyclic) bond motifs is 1. The first-order valence-corrected chi connectivity index (χ1v) is 5.89. The molecule has 1 saturated carbocycles. The van der Waals surface area contributed by atoms with E-state index in [0.717, 1.165) is 19.3 Å². The molecule has 17 heavy (non-hydrogen) atoms. The van der Waals surface area contributed by atoms with Crippen molar-refractivity contribution in [2.75, 3.05) is 26.4 Å². The molecular weight excluding hydrogens is 226 g/mol. The standard InChI is InChI=1S/C11H17NO5/c13-10(6-16-7-11(14)15)12-4-5-17-9-3-1-2-8(9)12/h8-9H,1-7H2,(H,14,15). The van der Waals surface area contributed by atoms with Crippen molar-refractivity contribution in [3.63, 3.8) is 0 Å². The molecule has 0 bridgehead atoms. The second kappa shape index (κ2) is 5.46. The fourth-order valence-corrected chi connectivity index (χ4v) is 2.54. The van der Waals surface area contributed by atoms with Crippen molar-refractivity contribution in [3.05, 3.63) is 0 Å². The Bertz CT molecular complexity index is 306. The lowest BCUT2D eigenvalue weighted by molar-refractivity contribution is -0.152. The molecule has 2 unspecified atom stereocenters. The predicted octanol–water partition coefficient (Wildman–Crippen LogP) is -0.132. The van der Waals surface area contributed by atoms with Crippen molar-refractivity contribution in [2.24, 2.45) is 0 Å². The molecule has 6 nitrogen and oxygen atoms in total. The van der Waals surface area contributed by atoms with Gasteiger partial charge in [-0.05, 0) is 19.3 Å². The van der Waals surface area contributed by atoms with Gasteiger partial charge in [-0.15, -0.1) is 0 Å². The number of amides is 1. The molecule has 1 aliphatic carbocycles. The first-order chi connectivity index (χ1) is 8.18. The second-order valence-corrected chi connectivity index (χ2v) is 4.38. The molecule has 0 aromatic carbocycles. The quantitative estimate of drug-likeness (QED) is 0.744. The zero-order valence-corrected chi connectivity index (χ0v) is 9.63. The van der Waals surface area contributed by atoms with Crippen molar-refractivity contribution in [3.8, 4) is 0 Å². The van der Waals surface area contributed by atoms with Crippen molar-refractivity contribution in [1.29, 1.82) is 0 Å². The van der Waals surface area contributed by atoms with Crippen molar-refractivity contribution in [1.82, 2.24) is 4.90 Å². The number of hydrogen-bond donors (Lipinski definition) is 1. The Balaban J connectivity index is 1.83. The van der Waals surface area contributed by atoms with Crippen LogP contribution in [0.3, 0.4) is 0 Å². The minimum atomic E-state index is -1.06. The molecule has 1 saturated heterocycles. The second-order valence-electron chi connectivity index (χ2n) is 4.38. The molecule has 2 rings (SSSR count). The molecule has 0 radical (unpaired) electrons. The first-order valence-electron chi connectivity index (χ1n) is 5.89. The van der Waals surface area contributed by atoms with Gasteiger partial charge in [0.15, 0.2) is 0 Å². The Labute approximate surface area is 99.5 Å². The minimum absolute atomic E-state index is 0.133. The molecule has 0 aromatic heterocycles. The summed E-state index contributed by atoms with van der Waals surface area (Å²) in [5, 5.41) is 8.42. The summed E-state index contributed by atoms with van der Waals surface area (Å²) >= 11 is 0. The number of carbonyl (C=O) groups excluding carboxylic acids is 1. The lowest BCUT2D eigenvalue weighted by atomic mass is 10.1. The monoisotopic (exact) mass is 243 g/mol. The van der Waals surface area contributed by atoms with Gasteiger partial charge in [0.2, 0.25) is 5.91 Å². The molecular formula is C11H17NO5. The summed E-state index contributed by atoms with van der Waals surface area (Å²) in [4.78, 5) is 23.9. The molecule has 2 aliphatic rings. The summed E-state index contributed by atoms with van der Waals surface area (Å²) in [6, 6.07) is 0.157. The number of carbonyl (C=O) groups is 2. The average molecular weight is 243 g/mol. The zero-order valence-electron chi connectivity index (χ0n) is 9.63. The van der Waals surface area contributed by atoms with Gasteiger partial charge >= 0.3 is 5.97 Å². The van der Waals surface area contributed by atoms with Gasteiger partial charge < -0.3 is 19.5 Å². The van der Waals surface area contributed by atoms with E-state index in [1.54, 1.807) is 4.90 Å². The normalized spacial score (nSPS) is 27.9. The molecule has 0 aromatic rings. The molecule has 0 spiro atoms. The average Bonchev–Trinajstić information content (AvgIpc) is 2.75. The van der Waals surface area contributed by atoms with Gasteiger partial charge in [-0.3, -0.25) is 4.79 Å². The molecule has 96 valence electrons. The number of carboxylic acids is 1. The van der Waals surface area contributed by atoms with Gasteiger partial charge in [-0.1, -0.05) is 0 Å². The van der Waals surface area contributed by atoms with E-state index in [0.29, 0.717) is 13.2 Å². The summed E-state index contributed by atoms with van der Waals surface area (Å²) < 4.78 is 10.4. The number of carboxylic acid groups (broad SMARTS) is 1. The van der Waals surface area contributed by atoms with E-state index in [9.17, 15) is 9.59 Å². The zero-order chi connectivity index (χ0) is 12.3. The first kappa shape index (κ1) is 12.3. The lowest BCUT2D eigenvalue weighted by Gasteiger charge is -2.37. The highest BCUT2D eigenvalue weighted by Crippen LogP contribution is 2.29. The Morgan fingerprint density at radius 3 is 2.94 bits per heavy atom. The van der Waals surface area contributed by atoms with E-state index in [-0.39, 0.29) is 24.7 Å². The summed E-state index contributed by atoms with van der Waals surface area (Å²) in [6.45, 7) is 0.558. The van der Waals surface area contributed by atoms with E-state index >= 15 is 0 Å². The van der Waals surface area contributed by atoms with E-state index in [2.05, 4.69) is 0 Å². The third kappa shape index (κ3) is 2.95. The summed E-state index contributed by atoms with van der Waals surface area (Å²) in [5.41, 5.74) is 0. The third-order valence-corrected chi connectivity index (χ3v) is 3.25. The van der Waals surface area contributed by atoms with Gasteiger partial charge in [0.1, 0.15) is 13.2 Å². The van der Waals surface area contributed by atoms with Crippen molar-refractivity contribution < 1.29 is 24.2 Å². The Hall–Kier alpha value is -1.14. The molecule has 1 amide bonds. The van der Waals surface area contributed by atoms with Crippen LogP contribution in [0.1, 0.15) is 19.3 Å². The topological polar surface area (TPSA) is 76.1 Å². The number of morpholine rings is 1. The number of hydrogen-bond acceptors (Lipinski definition) is 4. The van der Waals surface area contributed by atoms with Gasteiger partial charge in [-0.2, -0.15) is 0 Å². The van der Waals surface area contributed by atoms with Crippen LogP contribution < -0.4 is 0 Å². The van der Waals surface area contributed by atoms with Crippen LogP contribution in [-0.4, -0.2) is 60.4 Å². The van der Waals surface area contributed by atoms with Crippen LogP contribution in [0.5, 0.6) is 0 Å². The van der Waals surface area contributed by atoms with Gasteiger partial charge in [0, 0.05) is 6.54 Å². The maximum Gasteiger partial charge on any atom is 0.329 e. The molecule has 1 N–H and O–H groups in total. The summed E-state index contributed by atoms with van der Waals surface area (Å²) in [7, 11) is 0. The molecule has 2 fully saturated rings. The maximum atomic E-state index is 11.9. The predicted molar refractivity (Wildman–Crippen MR) is 57.5 cm³/mol. The van der Waals surface area contributed by atoms with Gasteiger partial charge in [-0.25, -0.2) is 4.79 Å². The van der Waals surface area contributed by atoms with E-state index in [1.807, 2.05) is 0 Å². The van der Waals surface area contributed by atoms with Crippen LogP contribution >= 0.6 is 0 Å². The van der Waals surface area contributed by atoms with Gasteiger partial charge in [0.05, 0.1) is 18.8 Å². The van der Waals surface area contributed by atoms with Crippen LogP contribution in [0.4, 0.5) is 0 Å². The van der Waals surface area contributed by atoms with Crippen molar-refractivity contribution in [2.45, 2.75) is 31.4 Å². The highest BCUT2D eigenvalue weighted by molar-refractivity contribution is 5.78. The number of nitrogens with zero attached hydrogens (tertiary/aromatic N) is 1. The SMILES string of the molecule is O=C(O)COCC(=O)N1CCOC2CCCC21. The Morgan fingerprint density at radius 1 is 1.35 bits per heavy atom.